The number of pyridine rings is 1. The maximum Gasteiger partial charge on any atom is 0.352 e. The molecule has 4 rings (SSSR count). The molecule has 2 aromatic rings. The number of thioether (sulfide) groups is 3. The summed E-state index contributed by atoms with van der Waals surface area (Å²) in [5, 5.41) is 21.2. The number of fused-ring (bicyclic) bond motifs is 1. The molecule has 2 amide bonds. The van der Waals surface area contributed by atoms with Crippen LogP contribution in [0.1, 0.15) is 24.2 Å². The molecule has 3 heterocycles. The Balaban J connectivity index is 1.36. The van der Waals surface area contributed by atoms with Gasteiger partial charge in [0.2, 0.25) is 5.91 Å². The zero-order chi connectivity index (χ0) is 30.6. The first-order valence-corrected chi connectivity index (χ1v) is 16.2. The second-order valence-corrected chi connectivity index (χ2v) is 13.2. The van der Waals surface area contributed by atoms with Crippen molar-refractivity contribution in [3.8, 4) is 0 Å². The van der Waals surface area contributed by atoms with Gasteiger partial charge in [-0.05, 0) is 30.2 Å². The highest BCUT2D eigenvalue weighted by molar-refractivity contribution is 8.01. The summed E-state index contributed by atoms with van der Waals surface area (Å²) in [7, 11) is 0. The molecule has 0 radical (unpaired) electrons. The average Bonchev–Trinajstić information content (AvgIpc) is 2.94. The van der Waals surface area contributed by atoms with E-state index in [4.69, 9.17) is 10.8 Å². The highest BCUT2D eigenvalue weighted by Gasteiger charge is 2.54. The lowest BCUT2D eigenvalue weighted by Gasteiger charge is -2.49. The number of β-lactam (4-membered cyclic amide) rings is 1. The molecule has 2 aliphatic rings. The third-order valence-electron chi connectivity index (χ3n) is 6.91. The Morgan fingerprint density at radius 3 is 2.52 bits per heavy atom. The van der Waals surface area contributed by atoms with Gasteiger partial charge >= 0.3 is 11.9 Å². The fraction of sp³-hybridized carbons (Fsp3) is 0.393. The largest absolute Gasteiger partial charge is 0.480 e. The monoisotopic (exact) mass is 635 g/mol. The first-order chi connectivity index (χ1) is 20.0. The highest BCUT2D eigenvalue weighted by Crippen LogP contribution is 2.41. The van der Waals surface area contributed by atoms with Gasteiger partial charge in [0.05, 0.1) is 5.75 Å². The van der Waals surface area contributed by atoms with Crippen molar-refractivity contribution in [1.29, 1.82) is 0 Å². The molecule has 2 aliphatic heterocycles. The van der Waals surface area contributed by atoms with Crippen LogP contribution in [0.25, 0.3) is 0 Å². The second-order valence-electron chi connectivity index (χ2n) is 9.96. The maximum absolute atomic E-state index is 13.4. The highest BCUT2D eigenvalue weighted by atomic mass is 32.2. The van der Waals surface area contributed by atoms with E-state index in [0.29, 0.717) is 41.4 Å². The fourth-order valence-electron chi connectivity index (χ4n) is 4.80. The van der Waals surface area contributed by atoms with Gasteiger partial charge in [0.1, 0.15) is 35.5 Å². The number of nitrogens with two attached hydrogens (primary N) is 1. The number of aliphatic carboxylic acids is 2. The molecule has 1 aromatic heterocycles. The second kappa shape index (κ2) is 13.9. The summed E-state index contributed by atoms with van der Waals surface area (Å²) in [5.41, 5.74) is 8.17. The third kappa shape index (κ3) is 7.46. The van der Waals surface area contributed by atoms with Gasteiger partial charge in [-0.25, -0.2) is 13.8 Å². The normalized spacial score (nSPS) is 18.8. The number of aromatic nitrogens is 1. The van der Waals surface area contributed by atoms with E-state index >= 15 is 0 Å². The van der Waals surface area contributed by atoms with Gasteiger partial charge in [-0.3, -0.25) is 19.3 Å². The van der Waals surface area contributed by atoms with Gasteiger partial charge < -0.3 is 21.3 Å². The molecule has 224 valence electrons. The lowest BCUT2D eigenvalue weighted by atomic mass is 10.0. The SMILES string of the molecule is Cc1cc(SCC2=C(C(=O)O)N3C(=O)[C@H](NC(=O)CSc4cccc(F)c4)[C@H]3SC2)cc(C)[n+]1CCC[C@H](N)C(=O)O. The van der Waals surface area contributed by atoms with Crippen LogP contribution in [-0.4, -0.2) is 73.6 Å². The number of aryl methyl sites for hydroxylation is 2. The zero-order valence-electron chi connectivity index (χ0n) is 23.0. The Labute approximate surface area is 255 Å². The van der Waals surface area contributed by atoms with E-state index < -0.39 is 41.1 Å². The summed E-state index contributed by atoms with van der Waals surface area (Å²) < 4.78 is 15.5. The number of carbonyl (C=O) groups excluding carboxylic acids is 2. The van der Waals surface area contributed by atoms with Crippen LogP contribution in [0.15, 0.2) is 57.5 Å². The van der Waals surface area contributed by atoms with Gasteiger partial charge in [-0.1, -0.05) is 6.07 Å². The minimum Gasteiger partial charge on any atom is -0.480 e. The molecule has 14 heteroatoms. The summed E-state index contributed by atoms with van der Waals surface area (Å²) >= 11 is 4.04. The van der Waals surface area contributed by atoms with Crippen molar-refractivity contribution in [2.24, 2.45) is 5.73 Å². The van der Waals surface area contributed by atoms with E-state index in [-0.39, 0.29) is 17.4 Å². The molecule has 3 atom stereocenters. The summed E-state index contributed by atoms with van der Waals surface area (Å²) in [6.07, 6.45) is 0.993. The Bertz CT molecular complexity index is 1420. The zero-order valence-corrected chi connectivity index (χ0v) is 25.5. The summed E-state index contributed by atoms with van der Waals surface area (Å²) in [4.78, 5) is 51.4. The fourth-order valence-corrected chi connectivity index (χ4v) is 8.12. The van der Waals surface area contributed by atoms with Crippen molar-refractivity contribution in [2.45, 2.75) is 60.5 Å². The molecule has 0 saturated carbocycles. The van der Waals surface area contributed by atoms with Gasteiger partial charge in [-0.2, -0.15) is 0 Å². The number of amides is 2. The number of halogens is 1. The van der Waals surface area contributed by atoms with Crippen LogP contribution < -0.4 is 15.6 Å². The summed E-state index contributed by atoms with van der Waals surface area (Å²) in [6, 6.07) is 8.17. The lowest BCUT2D eigenvalue weighted by Crippen LogP contribution is -2.70. The summed E-state index contributed by atoms with van der Waals surface area (Å²) in [5.74, 6) is -2.67. The Kier molecular flexibility index (Phi) is 10.6. The molecule has 1 saturated heterocycles. The minimum absolute atomic E-state index is 0.0000807. The predicted octanol–water partition coefficient (Wildman–Crippen LogP) is 2.55. The number of rotatable bonds is 13. The van der Waals surface area contributed by atoms with E-state index in [9.17, 15) is 28.7 Å². The summed E-state index contributed by atoms with van der Waals surface area (Å²) in [6.45, 7) is 4.55. The van der Waals surface area contributed by atoms with E-state index in [2.05, 4.69) is 9.88 Å². The first-order valence-electron chi connectivity index (χ1n) is 13.2. The number of carboxylic acids is 2. The quantitative estimate of drug-likeness (QED) is 0.147. The van der Waals surface area contributed by atoms with Crippen LogP contribution in [0.2, 0.25) is 0 Å². The number of benzene rings is 1. The number of hydrogen-bond donors (Lipinski definition) is 4. The molecule has 1 fully saturated rings. The molecule has 1 aromatic carbocycles. The molecule has 5 N–H and O–H groups in total. The van der Waals surface area contributed by atoms with Crippen LogP contribution in [0, 0.1) is 19.7 Å². The molecule has 0 bridgehead atoms. The molecule has 0 spiro atoms. The molecule has 0 unspecified atom stereocenters. The number of hydrogen-bond acceptors (Lipinski definition) is 8. The first kappa shape index (κ1) is 31.9. The van der Waals surface area contributed by atoms with E-state index in [1.807, 2.05) is 26.0 Å². The van der Waals surface area contributed by atoms with Crippen LogP contribution in [0.3, 0.4) is 0 Å². The van der Waals surface area contributed by atoms with Gasteiger partial charge in [-0.15, -0.1) is 35.3 Å². The van der Waals surface area contributed by atoms with Crippen LogP contribution in [0.5, 0.6) is 0 Å². The Morgan fingerprint density at radius 2 is 1.88 bits per heavy atom. The van der Waals surface area contributed by atoms with Gasteiger partial charge in [0.15, 0.2) is 11.4 Å². The third-order valence-corrected chi connectivity index (χ3v) is 10.3. The number of carboxylic acid groups (broad SMARTS) is 2. The molecule has 10 nitrogen and oxygen atoms in total. The van der Waals surface area contributed by atoms with Crippen LogP contribution >= 0.6 is 35.3 Å². The Morgan fingerprint density at radius 1 is 1.17 bits per heavy atom. The minimum atomic E-state index is -1.19. The van der Waals surface area contributed by atoms with Crippen molar-refractivity contribution in [2.75, 3.05) is 17.3 Å². The van der Waals surface area contributed by atoms with Crippen LogP contribution in [-0.2, 0) is 25.7 Å². The van der Waals surface area contributed by atoms with Gasteiger partial charge in [0, 0.05) is 53.7 Å². The molecule has 0 aliphatic carbocycles. The molecular formula is C28H32FN4O6S3+. The van der Waals surface area contributed by atoms with E-state index in [1.54, 1.807) is 12.1 Å². The Hall–Kier alpha value is -3.07. The average molecular weight is 636 g/mol. The van der Waals surface area contributed by atoms with Crippen molar-refractivity contribution in [3.63, 3.8) is 0 Å². The number of carbonyl (C=O) groups is 4. The van der Waals surface area contributed by atoms with Crippen molar-refractivity contribution >= 4 is 59.0 Å². The van der Waals surface area contributed by atoms with E-state index in [1.165, 1.54) is 40.6 Å². The van der Waals surface area contributed by atoms with Crippen LogP contribution in [0.4, 0.5) is 4.39 Å². The van der Waals surface area contributed by atoms with Crippen molar-refractivity contribution in [1.82, 2.24) is 10.2 Å². The maximum atomic E-state index is 13.4. The number of nitrogens with one attached hydrogen (secondary N) is 1. The molecular weight excluding hydrogens is 604 g/mol. The lowest BCUT2D eigenvalue weighted by molar-refractivity contribution is -0.709. The van der Waals surface area contributed by atoms with Crippen molar-refractivity contribution < 1.29 is 38.3 Å². The predicted molar refractivity (Wildman–Crippen MR) is 158 cm³/mol. The van der Waals surface area contributed by atoms with Crippen molar-refractivity contribution in [3.05, 3.63) is 64.9 Å². The smallest absolute Gasteiger partial charge is 0.352 e. The van der Waals surface area contributed by atoms with Gasteiger partial charge in [0.25, 0.3) is 5.91 Å². The van der Waals surface area contributed by atoms with E-state index in [0.717, 1.165) is 28.0 Å². The topological polar surface area (TPSA) is 154 Å². The standard InChI is InChI=1S/C28H31FN4O6S3/c1-15-9-20(10-16(2)32(15)8-4-7-21(30)27(36)37)40-12-17-13-42-26-23(25(35)33(26)24(17)28(38)39)31-22(34)14-41-19-6-3-5-18(29)11-19/h3,5-6,9-11,21,23,26H,4,7-8,12-14,30H2,1-2H3,(H2-,31,34,36,37,38,39)/p+1/t21-,23-,26+/m0/s1. The molecule has 42 heavy (non-hydrogen) atoms. The number of nitrogens with zero attached hydrogens (tertiary/aromatic N) is 2.